The van der Waals surface area contributed by atoms with Crippen LogP contribution in [0.3, 0.4) is 0 Å². The van der Waals surface area contributed by atoms with E-state index in [-0.39, 0.29) is 5.56 Å². The Morgan fingerprint density at radius 1 is 1.23 bits per heavy atom. The van der Waals surface area contributed by atoms with E-state index in [0.717, 1.165) is 50.4 Å². The summed E-state index contributed by atoms with van der Waals surface area (Å²) >= 11 is 0. The zero-order valence-corrected chi connectivity index (χ0v) is 12.9. The van der Waals surface area contributed by atoms with Crippen molar-refractivity contribution >= 4 is 0 Å². The summed E-state index contributed by atoms with van der Waals surface area (Å²) in [4.78, 5) is 26.9. The second-order valence-electron chi connectivity index (χ2n) is 5.94. The van der Waals surface area contributed by atoms with E-state index in [2.05, 4.69) is 19.9 Å². The number of hydrogen-bond donors (Lipinski definition) is 0. The van der Waals surface area contributed by atoms with Crippen molar-refractivity contribution in [1.82, 2.24) is 24.4 Å². The molecule has 0 amide bonds. The van der Waals surface area contributed by atoms with Crippen molar-refractivity contribution < 1.29 is 0 Å². The van der Waals surface area contributed by atoms with Gasteiger partial charge in [-0.15, -0.1) is 0 Å². The van der Waals surface area contributed by atoms with Gasteiger partial charge in [0.15, 0.2) is 0 Å². The van der Waals surface area contributed by atoms with Crippen molar-refractivity contribution in [3.05, 3.63) is 52.7 Å². The number of hydrogen-bond acceptors (Lipinski definition) is 5. The Hall–Kier alpha value is -2.08. The maximum Gasteiger partial charge on any atom is 0.253 e. The third-order valence-electron chi connectivity index (χ3n) is 4.17. The molecule has 0 atom stereocenters. The Morgan fingerprint density at radius 2 is 2.05 bits per heavy atom. The van der Waals surface area contributed by atoms with Gasteiger partial charge in [-0.3, -0.25) is 24.2 Å². The molecular formula is C16H21N5O. The molecule has 0 bridgehead atoms. The van der Waals surface area contributed by atoms with Crippen molar-refractivity contribution in [1.29, 1.82) is 0 Å². The van der Waals surface area contributed by atoms with Crippen LogP contribution >= 0.6 is 0 Å². The maximum atomic E-state index is 11.7. The van der Waals surface area contributed by atoms with E-state index in [9.17, 15) is 4.79 Å². The lowest BCUT2D eigenvalue weighted by Crippen LogP contribution is -2.36. The zero-order chi connectivity index (χ0) is 15.4. The first-order valence-electron chi connectivity index (χ1n) is 7.71. The summed E-state index contributed by atoms with van der Waals surface area (Å²) in [7, 11) is 0. The minimum absolute atomic E-state index is 0.0346. The fraction of sp³-hybridized carbons (Fsp3) is 0.500. The molecule has 0 spiro atoms. The van der Waals surface area contributed by atoms with E-state index < -0.39 is 0 Å². The summed E-state index contributed by atoms with van der Waals surface area (Å²) < 4.78 is 1.71. The molecule has 0 radical (unpaired) electrons. The molecule has 22 heavy (non-hydrogen) atoms. The van der Waals surface area contributed by atoms with Gasteiger partial charge in [0.1, 0.15) is 0 Å². The molecule has 0 saturated carbocycles. The Labute approximate surface area is 129 Å². The molecule has 116 valence electrons. The van der Waals surface area contributed by atoms with Crippen molar-refractivity contribution in [2.24, 2.45) is 5.92 Å². The molecule has 2 aromatic rings. The van der Waals surface area contributed by atoms with Crippen LogP contribution in [-0.4, -0.2) is 37.5 Å². The van der Waals surface area contributed by atoms with E-state index in [0.29, 0.717) is 5.92 Å². The third kappa shape index (κ3) is 3.76. The van der Waals surface area contributed by atoms with Crippen LogP contribution in [0, 0.1) is 12.8 Å². The lowest BCUT2D eigenvalue weighted by molar-refractivity contribution is 0.164. The van der Waals surface area contributed by atoms with Crippen molar-refractivity contribution in [2.45, 2.75) is 32.9 Å². The van der Waals surface area contributed by atoms with E-state index in [1.165, 1.54) is 6.07 Å². The average Bonchev–Trinajstić information content (AvgIpc) is 2.54. The molecule has 0 aliphatic carbocycles. The lowest BCUT2D eigenvalue weighted by atomic mass is 9.96. The van der Waals surface area contributed by atoms with Crippen LogP contribution in [0.25, 0.3) is 0 Å². The van der Waals surface area contributed by atoms with Crippen LogP contribution in [0.5, 0.6) is 0 Å². The molecule has 3 rings (SSSR count). The lowest BCUT2D eigenvalue weighted by Gasteiger charge is -2.31. The highest BCUT2D eigenvalue weighted by atomic mass is 16.1. The van der Waals surface area contributed by atoms with Gasteiger partial charge < -0.3 is 0 Å². The van der Waals surface area contributed by atoms with Crippen LogP contribution in [0.15, 0.2) is 35.8 Å². The summed E-state index contributed by atoms with van der Waals surface area (Å²) in [6.07, 6.45) is 9.05. The largest absolute Gasteiger partial charge is 0.299 e. The molecule has 6 nitrogen and oxygen atoms in total. The van der Waals surface area contributed by atoms with Gasteiger partial charge in [0, 0.05) is 37.7 Å². The summed E-state index contributed by atoms with van der Waals surface area (Å²) in [6, 6.07) is 1.52. The fourth-order valence-electron chi connectivity index (χ4n) is 2.85. The van der Waals surface area contributed by atoms with E-state index >= 15 is 0 Å². The fourth-order valence-corrected chi connectivity index (χ4v) is 2.85. The van der Waals surface area contributed by atoms with Gasteiger partial charge >= 0.3 is 0 Å². The number of piperidine rings is 1. The molecule has 1 aliphatic heterocycles. The first kappa shape index (κ1) is 14.8. The smallest absolute Gasteiger partial charge is 0.253 e. The average molecular weight is 299 g/mol. The van der Waals surface area contributed by atoms with E-state index in [1.807, 2.05) is 19.3 Å². The van der Waals surface area contributed by atoms with Gasteiger partial charge in [-0.25, -0.2) is 4.98 Å². The monoisotopic (exact) mass is 299 g/mol. The minimum Gasteiger partial charge on any atom is -0.299 e. The highest BCUT2D eigenvalue weighted by Gasteiger charge is 2.20. The van der Waals surface area contributed by atoms with Crippen LogP contribution in [-0.2, 0) is 13.1 Å². The SMILES string of the molecule is Cc1cnc(CN2CCC(Cn3cnccc3=O)CC2)cn1. The number of aromatic nitrogens is 4. The number of likely N-dealkylation sites (tertiary alicyclic amines) is 1. The molecule has 0 aromatic carbocycles. The van der Waals surface area contributed by atoms with E-state index in [1.54, 1.807) is 17.1 Å². The summed E-state index contributed by atoms with van der Waals surface area (Å²) in [5, 5.41) is 0. The predicted octanol–water partition coefficient (Wildman–Crippen LogP) is 1.25. The van der Waals surface area contributed by atoms with Gasteiger partial charge in [-0.05, 0) is 38.8 Å². The second kappa shape index (κ2) is 6.79. The molecule has 1 saturated heterocycles. The van der Waals surface area contributed by atoms with E-state index in [4.69, 9.17) is 0 Å². The molecule has 3 heterocycles. The highest BCUT2D eigenvalue weighted by molar-refractivity contribution is 5.00. The predicted molar refractivity (Wildman–Crippen MR) is 83.3 cm³/mol. The zero-order valence-electron chi connectivity index (χ0n) is 12.9. The highest BCUT2D eigenvalue weighted by Crippen LogP contribution is 2.19. The van der Waals surface area contributed by atoms with Gasteiger partial charge in [-0.2, -0.15) is 0 Å². The van der Waals surface area contributed by atoms with Gasteiger partial charge in [0.25, 0.3) is 5.56 Å². The van der Waals surface area contributed by atoms with Crippen LogP contribution in [0.4, 0.5) is 0 Å². The van der Waals surface area contributed by atoms with Crippen LogP contribution in [0.2, 0.25) is 0 Å². The van der Waals surface area contributed by atoms with Crippen molar-refractivity contribution in [3.63, 3.8) is 0 Å². The van der Waals surface area contributed by atoms with Crippen molar-refractivity contribution in [2.75, 3.05) is 13.1 Å². The normalized spacial score (nSPS) is 16.8. The molecule has 0 N–H and O–H groups in total. The van der Waals surface area contributed by atoms with Gasteiger partial charge in [-0.1, -0.05) is 0 Å². The number of rotatable bonds is 4. The first-order valence-corrected chi connectivity index (χ1v) is 7.71. The van der Waals surface area contributed by atoms with Gasteiger partial charge in [0.2, 0.25) is 0 Å². The number of nitrogens with zero attached hydrogens (tertiary/aromatic N) is 5. The quantitative estimate of drug-likeness (QED) is 0.850. The summed E-state index contributed by atoms with van der Waals surface area (Å²) in [5.41, 5.74) is 2.00. The Kier molecular flexibility index (Phi) is 4.58. The molecule has 1 aliphatic rings. The number of aryl methyl sites for hydroxylation is 1. The molecule has 1 fully saturated rings. The molecule has 0 unspecified atom stereocenters. The van der Waals surface area contributed by atoms with Crippen LogP contribution in [0.1, 0.15) is 24.2 Å². The van der Waals surface area contributed by atoms with Crippen molar-refractivity contribution in [3.8, 4) is 0 Å². The Balaban J connectivity index is 1.51. The minimum atomic E-state index is 0.0346. The molecule has 6 heteroatoms. The van der Waals surface area contributed by atoms with Gasteiger partial charge in [0.05, 0.1) is 17.7 Å². The standard InChI is InChI=1S/C16H21N5O/c1-13-8-19-15(9-18-13)11-20-6-3-14(4-7-20)10-21-12-17-5-2-16(21)22/h2,5,8-9,12,14H,3-4,6-7,10-11H2,1H3. The topological polar surface area (TPSA) is 63.9 Å². The first-order chi connectivity index (χ1) is 10.7. The molecular weight excluding hydrogens is 278 g/mol. The summed E-state index contributed by atoms with van der Waals surface area (Å²) in [5.74, 6) is 0.544. The Bertz CT molecular complexity index is 659. The maximum absolute atomic E-state index is 11.7. The third-order valence-corrected chi connectivity index (χ3v) is 4.17. The summed E-state index contributed by atoms with van der Waals surface area (Å²) in [6.45, 7) is 5.64. The Morgan fingerprint density at radius 3 is 2.73 bits per heavy atom. The molecule has 2 aromatic heterocycles. The van der Waals surface area contributed by atoms with Crippen LogP contribution < -0.4 is 5.56 Å². The second-order valence-corrected chi connectivity index (χ2v) is 5.94.